The second-order valence-corrected chi connectivity index (χ2v) is 7.36. The van der Waals surface area contributed by atoms with Crippen LogP contribution in [0.4, 0.5) is 0 Å². The van der Waals surface area contributed by atoms with Gasteiger partial charge in [0.1, 0.15) is 11.5 Å². The van der Waals surface area contributed by atoms with Gasteiger partial charge >= 0.3 is 0 Å². The van der Waals surface area contributed by atoms with Crippen LogP contribution in [0.5, 0.6) is 11.5 Å². The Morgan fingerprint density at radius 2 is 1.38 bits per heavy atom. The van der Waals surface area contributed by atoms with Crippen LogP contribution >= 0.6 is 31.9 Å². The molecule has 2 rings (SSSR count). The number of phenolic OH excluding ortho intramolecular Hbond substituents is 2. The van der Waals surface area contributed by atoms with Crippen molar-refractivity contribution in [3.05, 3.63) is 55.5 Å². The summed E-state index contributed by atoms with van der Waals surface area (Å²) in [4.78, 5) is 0. The van der Waals surface area contributed by atoms with Crippen LogP contribution in [-0.4, -0.2) is 10.2 Å². The SMILES string of the molecule is Cc1c(C)c(C(C)(C)c2ccc(O)cc2)c(Br)c(Br)c1O. The standard InChI is InChI=1S/C17H18Br2O2/c1-9-10(2)16(21)15(19)14(18)13(9)17(3,4)11-5-7-12(20)8-6-11/h5-8,20-21H,1-4H3. The zero-order valence-electron chi connectivity index (χ0n) is 12.5. The Balaban J connectivity index is 2.73. The molecule has 0 fully saturated rings. The summed E-state index contributed by atoms with van der Waals surface area (Å²) in [7, 11) is 0. The lowest BCUT2D eigenvalue weighted by Crippen LogP contribution is -2.21. The number of phenols is 2. The molecule has 0 radical (unpaired) electrons. The summed E-state index contributed by atoms with van der Waals surface area (Å²) in [6.45, 7) is 8.20. The maximum Gasteiger partial charge on any atom is 0.134 e. The lowest BCUT2D eigenvalue weighted by molar-refractivity contribution is 0.465. The lowest BCUT2D eigenvalue weighted by Gasteiger charge is -2.31. The van der Waals surface area contributed by atoms with Crippen LogP contribution in [0.1, 0.15) is 36.1 Å². The number of aromatic hydroxyl groups is 2. The van der Waals surface area contributed by atoms with Gasteiger partial charge in [-0.25, -0.2) is 0 Å². The van der Waals surface area contributed by atoms with Gasteiger partial charge in [-0.15, -0.1) is 0 Å². The molecule has 2 aromatic carbocycles. The molecule has 0 aliphatic rings. The van der Waals surface area contributed by atoms with E-state index in [0.29, 0.717) is 4.47 Å². The molecule has 0 saturated carbocycles. The first-order valence-corrected chi connectivity index (χ1v) is 8.23. The van der Waals surface area contributed by atoms with Crippen molar-refractivity contribution in [2.45, 2.75) is 33.1 Å². The van der Waals surface area contributed by atoms with Gasteiger partial charge in [-0.2, -0.15) is 0 Å². The fourth-order valence-electron chi connectivity index (χ4n) is 2.67. The highest BCUT2D eigenvalue weighted by atomic mass is 79.9. The van der Waals surface area contributed by atoms with E-state index in [4.69, 9.17) is 0 Å². The minimum atomic E-state index is -0.266. The van der Waals surface area contributed by atoms with Crippen LogP contribution in [0.2, 0.25) is 0 Å². The van der Waals surface area contributed by atoms with Crippen molar-refractivity contribution in [3.63, 3.8) is 0 Å². The summed E-state index contributed by atoms with van der Waals surface area (Å²) in [5.41, 5.74) is 3.88. The Kier molecular flexibility index (Phi) is 4.41. The maximum atomic E-state index is 10.2. The molecule has 2 nitrogen and oxygen atoms in total. The molecule has 0 spiro atoms. The van der Waals surface area contributed by atoms with Crippen molar-refractivity contribution in [2.75, 3.05) is 0 Å². The summed E-state index contributed by atoms with van der Waals surface area (Å²) in [5, 5.41) is 19.6. The smallest absolute Gasteiger partial charge is 0.134 e. The number of hydrogen-bond donors (Lipinski definition) is 2. The molecule has 21 heavy (non-hydrogen) atoms. The molecule has 0 aromatic heterocycles. The van der Waals surface area contributed by atoms with Crippen LogP contribution in [0.15, 0.2) is 33.2 Å². The van der Waals surface area contributed by atoms with E-state index in [1.165, 1.54) is 0 Å². The maximum absolute atomic E-state index is 10.2. The average Bonchev–Trinajstić information content (AvgIpc) is 2.43. The molecule has 0 aliphatic heterocycles. The van der Waals surface area contributed by atoms with E-state index in [2.05, 4.69) is 45.7 Å². The normalized spacial score (nSPS) is 11.7. The van der Waals surface area contributed by atoms with Crippen molar-refractivity contribution in [1.29, 1.82) is 0 Å². The second-order valence-electron chi connectivity index (χ2n) is 5.77. The quantitative estimate of drug-likeness (QED) is 0.675. The number of rotatable bonds is 2. The highest BCUT2D eigenvalue weighted by molar-refractivity contribution is 9.13. The monoisotopic (exact) mass is 412 g/mol. The second kappa shape index (κ2) is 5.65. The topological polar surface area (TPSA) is 40.5 Å². The van der Waals surface area contributed by atoms with Crippen LogP contribution in [0.25, 0.3) is 0 Å². The average molecular weight is 414 g/mol. The van der Waals surface area contributed by atoms with Crippen molar-refractivity contribution in [1.82, 2.24) is 0 Å². The fourth-order valence-corrected chi connectivity index (χ4v) is 4.15. The third kappa shape index (κ3) is 2.71. The van der Waals surface area contributed by atoms with Gasteiger partial charge in [-0.1, -0.05) is 26.0 Å². The Morgan fingerprint density at radius 3 is 1.90 bits per heavy atom. The predicted molar refractivity (Wildman–Crippen MR) is 93.2 cm³/mol. The van der Waals surface area contributed by atoms with Crippen LogP contribution in [0, 0.1) is 13.8 Å². The van der Waals surface area contributed by atoms with Gasteiger partial charge in [0.15, 0.2) is 0 Å². The molecular weight excluding hydrogens is 396 g/mol. The summed E-state index contributed by atoms with van der Waals surface area (Å²) >= 11 is 7.06. The van der Waals surface area contributed by atoms with E-state index in [1.807, 2.05) is 26.0 Å². The van der Waals surface area contributed by atoms with Crippen molar-refractivity contribution in [3.8, 4) is 11.5 Å². The van der Waals surface area contributed by atoms with Gasteiger partial charge in [0.2, 0.25) is 0 Å². The molecule has 0 amide bonds. The minimum absolute atomic E-state index is 0.258. The molecule has 112 valence electrons. The van der Waals surface area contributed by atoms with Crippen LogP contribution in [0.3, 0.4) is 0 Å². The highest BCUT2D eigenvalue weighted by Crippen LogP contribution is 2.46. The molecule has 2 aromatic rings. The van der Waals surface area contributed by atoms with E-state index in [1.54, 1.807) is 12.1 Å². The fraction of sp³-hybridized carbons (Fsp3) is 0.294. The van der Waals surface area contributed by atoms with Crippen LogP contribution in [-0.2, 0) is 5.41 Å². The molecule has 0 atom stereocenters. The molecular formula is C17H18Br2O2. The Hall–Kier alpha value is -1.00. The molecule has 4 heteroatoms. The third-order valence-corrected chi connectivity index (χ3v) is 6.22. The third-order valence-electron chi connectivity index (χ3n) is 4.13. The van der Waals surface area contributed by atoms with E-state index in [0.717, 1.165) is 26.7 Å². The summed E-state index contributed by atoms with van der Waals surface area (Å²) < 4.78 is 1.54. The molecule has 0 unspecified atom stereocenters. The molecule has 2 N–H and O–H groups in total. The van der Waals surface area contributed by atoms with E-state index in [-0.39, 0.29) is 16.9 Å². The first-order chi connectivity index (χ1) is 9.67. The molecule has 0 saturated heterocycles. The first-order valence-electron chi connectivity index (χ1n) is 6.65. The molecule has 0 heterocycles. The summed E-state index contributed by atoms with van der Waals surface area (Å²) in [6, 6.07) is 7.25. The van der Waals surface area contributed by atoms with Gasteiger partial charge < -0.3 is 10.2 Å². The van der Waals surface area contributed by atoms with Gasteiger partial charge in [-0.05, 0) is 80.1 Å². The van der Waals surface area contributed by atoms with Gasteiger partial charge in [0.05, 0.1) is 4.47 Å². The first kappa shape index (κ1) is 16.4. The van der Waals surface area contributed by atoms with Crippen molar-refractivity contribution in [2.24, 2.45) is 0 Å². The zero-order chi connectivity index (χ0) is 15.9. The van der Waals surface area contributed by atoms with Crippen LogP contribution < -0.4 is 0 Å². The largest absolute Gasteiger partial charge is 0.508 e. The van der Waals surface area contributed by atoms with Crippen molar-refractivity contribution >= 4 is 31.9 Å². The zero-order valence-corrected chi connectivity index (χ0v) is 15.6. The van der Waals surface area contributed by atoms with Gasteiger partial charge in [0, 0.05) is 9.89 Å². The minimum Gasteiger partial charge on any atom is -0.508 e. The molecule has 0 bridgehead atoms. The lowest BCUT2D eigenvalue weighted by atomic mass is 9.75. The number of benzene rings is 2. The Bertz CT molecular complexity index is 660. The van der Waals surface area contributed by atoms with E-state index in [9.17, 15) is 10.2 Å². The number of halogens is 2. The molecule has 0 aliphatic carbocycles. The predicted octanol–water partition coefficient (Wildman–Crippen LogP) is 5.57. The Morgan fingerprint density at radius 1 is 0.857 bits per heavy atom. The summed E-state index contributed by atoms with van der Waals surface area (Å²) in [6.07, 6.45) is 0. The van der Waals surface area contributed by atoms with E-state index >= 15 is 0 Å². The van der Waals surface area contributed by atoms with Gasteiger partial charge in [0.25, 0.3) is 0 Å². The highest BCUT2D eigenvalue weighted by Gasteiger charge is 2.30. The number of hydrogen-bond acceptors (Lipinski definition) is 2. The van der Waals surface area contributed by atoms with Gasteiger partial charge in [-0.3, -0.25) is 0 Å². The Labute approximate surface area is 142 Å². The summed E-state index contributed by atoms with van der Waals surface area (Å²) in [5.74, 6) is 0.526. The van der Waals surface area contributed by atoms with Crippen molar-refractivity contribution < 1.29 is 10.2 Å². The van der Waals surface area contributed by atoms with E-state index < -0.39 is 0 Å².